The average Bonchev–Trinajstić information content (AvgIpc) is 2.81. The summed E-state index contributed by atoms with van der Waals surface area (Å²) >= 11 is 6.75. The number of benzene rings is 1. The second-order valence-electron chi connectivity index (χ2n) is 4.04. The van der Waals surface area contributed by atoms with Crippen LogP contribution in [0.1, 0.15) is 17.0 Å². The zero-order valence-corrected chi connectivity index (χ0v) is 12.4. The van der Waals surface area contributed by atoms with Crippen molar-refractivity contribution in [3.05, 3.63) is 41.3 Å². The third-order valence-electron chi connectivity index (χ3n) is 2.62. The molecule has 6 heteroatoms. The number of nitrogens with zero attached hydrogens (tertiary/aromatic N) is 1. The SMILES string of the molecule is CSc1cccc(NCc2cc(C)no2)c1C(N)=S. The molecule has 0 unspecified atom stereocenters. The van der Waals surface area contributed by atoms with E-state index in [-0.39, 0.29) is 0 Å². The second-order valence-corrected chi connectivity index (χ2v) is 5.32. The highest BCUT2D eigenvalue weighted by Gasteiger charge is 2.11. The van der Waals surface area contributed by atoms with Crippen LogP contribution in [0.25, 0.3) is 0 Å². The highest BCUT2D eigenvalue weighted by Crippen LogP contribution is 2.27. The van der Waals surface area contributed by atoms with Crippen LogP contribution in [0.4, 0.5) is 5.69 Å². The van der Waals surface area contributed by atoms with Gasteiger partial charge in [0, 0.05) is 22.2 Å². The van der Waals surface area contributed by atoms with Crippen LogP contribution in [0.3, 0.4) is 0 Å². The molecule has 0 saturated carbocycles. The molecule has 0 bridgehead atoms. The van der Waals surface area contributed by atoms with Gasteiger partial charge in [0.2, 0.25) is 0 Å². The molecule has 0 atom stereocenters. The van der Waals surface area contributed by atoms with Crippen molar-refractivity contribution in [3.8, 4) is 0 Å². The molecule has 3 N–H and O–H groups in total. The van der Waals surface area contributed by atoms with E-state index < -0.39 is 0 Å². The van der Waals surface area contributed by atoms with Crippen molar-refractivity contribution < 1.29 is 4.52 Å². The minimum absolute atomic E-state index is 0.390. The number of aryl methyl sites for hydroxylation is 1. The van der Waals surface area contributed by atoms with Crippen LogP contribution in [0.5, 0.6) is 0 Å². The second kappa shape index (κ2) is 6.08. The van der Waals surface area contributed by atoms with Gasteiger partial charge in [-0.15, -0.1) is 11.8 Å². The number of thioether (sulfide) groups is 1. The van der Waals surface area contributed by atoms with E-state index in [2.05, 4.69) is 10.5 Å². The maximum absolute atomic E-state index is 5.81. The normalized spacial score (nSPS) is 10.4. The van der Waals surface area contributed by atoms with Crippen molar-refractivity contribution in [1.82, 2.24) is 5.16 Å². The fourth-order valence-electron chi connectivity index (χ4n) is 1.78. The number of nitrogens with two attached hydrogens (primary N) is 1. The summed E-state index contributed by atoms with van der Waals surface area (Å²) in [7, 11) is 0. The van der Waals surface area contributed by atoms with Gasteiger partial charge in [0.25, 0.3) is 0 Å². The Kier molecular flexibility index (Phi) is 4.44. The molecule has 0 spiro atoms. The highest BCUT2D eigenvalue weighted by molar-refractivity contribution is 7.98. The minimum Gasteiger partial charge on any atom is -0.389 e. The Bertz CT molecular complexity index is 595. The summed E-state index contributed by atoms with van der Waals surface area (Å²) in [6.45, 7) is 2.44. The van der Waals surface area contributed by atoms with Crippen LogP contribution in [0.2, 0.25) is 0 Å². The number of anilines is 1. The molecule has 4 nitrogen and oxygen atoms in total. The van der Waals surface area contributed by atoms with E-state index in [0.29, 0.717) is 11.5 Å². The highest BCUT2D eigenvalue weighted by atomic mass is 32.2. The number of thiocarbonyl (C=S) groups is 1. The molecule has 0 radical (unpaired) electrons. The first kappa shape index (κ1) is 13.9. The Hall–Kier alpha value is -1.53. The fourth-order valence-corrected chi connectivity index (χ4v) is 2.71. The van der Waals surface area contributed by atoms with Gasteiger partial charge < -0.3 is 15.6 Å². The van der Waals surface area contributed by atoms with Gasteiger partial charge in [-0.25, -0.2) is 0 Å². The van der Waals surface area contributed by atoms with Crippen molar-refractivity contribution in [2.45, 2.75) is 18.4 Å². The minimum atomic E-state index is 0.390. The number of nitrogens with one attached hydrogen (secondary N) is 1. The summed E-state index contributed by atoms with van der Waals surface area (Å²) in [5.41, 5.74) is 8.46. The Morgan fingerprint density at radius 2 is 2.32 bits per heavy atom. The summed E-state index contributed by atoms with van der Waals surface area (Å²) in [5, 5.41) is 7.13. The van der Waals surface area contributed by atoms with Gasteiger partial charge in [-0.3, -0.25) is 0 Å². The molecule has 0 saturated heterocycles. The summed E-state index contributed by atoms with van der Waals surface area (Å²) in [6, 6.07) is 7.83. The predicted octanol–water partition coefficient (Wildman–Crippen LogP) is 2.95. The molecule has 1 heterocycles. The van der Waals surface area contributed by atoms with Gasteiger partial charge in [0.05, 0.1) is 12.2 Å². The summed E-state index contributed by atoms with van der Waals surface area (Å²) in [5.74, 6) is 0.779. The van der Waals surface area contributed by atoms with Crippen LogP contribution in [-0.2, 0) is 6.54 Å². The van der Waals surface area contributed by atoms with Crippen LogP contribution >= 0.6 is 24.0 Å². The average molecular weight is 293 g/mol. The summed E-state index contributed by atoms with van der Waals surface area (Å²) in [6.07, 6.45) is 2.00. The molecular weight excluding hydrogens is 278 g/mol. The van der Waals surface area contributed by atoms with Gasteiger partial charge in [-0.2, -0.15) is 0 Å². The first-order chi connectivity index (χ1) is 9.11. The van der Waals surface area contributed by atoms with E-state index in [1.54, 1.807) is 11.8 Å². The van der Waals surface area contributed by atoms with Gasteiger partial charge >= 0.3 is 0 Å². The molecule has 1 aromatic carbocycles. The van der Waals surface area contributed by atoms with Crippen molar-refractivity contribution >= 4 is 34.7 Å². The number of hydrogen-bond donors (Lipinski definition) is 2. The number of rotatable bonds is 5. The fraction of sp³-hybridized carbons (Fsp3) is 0.231. The lowest BCUT2D eigenvalue weighted by molar-refractivity contribution is 0.384. The van der Waals surface area contributed by atoms with Crippen molar-refractivity contribution in [1.29, 1.82) is 0 Å². The first-order valence-electron chi connectivity index (χ1n) is 5.74. The predicted molar refractivity (Wildman–Crippen MR) is 82.7 cm³/mol. The first-order valence-corrected chi connectivity index (χ1v) is 7.38. The van der Waals surface area contributed by atoms with Crippen LogP contribution in [0, 0.1) is 6.92 Å². The van der Waals surface area contributed by atoms with Crippen LogP contribution in [-0.4, -0.2) is 16.4 Å². The molecule has 1 aromatic heterocycles. The van der Waals surface area contributed by atoms with E-state index in [4.69, 9.17) is 22.5 Å². The van der Waals surface area contributed by atoms with Gasteiger partial charge in [-0.1, -0.05) is 23.4 Å². The smallest absolute Gasteiger partial charge is 0.156 e. The monoisotopic (exact) mass is 293 g/mol. The summed E-state index contributed by atoms with van der Waals surface area (Å²) < 4.78 is 5.16. The van der Waals surface area contributed by atoms with E-state index in [9.17, 15) is 0 Å². The number of aromatic nitrogens is 1. The zero-order valence-electron chi connectivity index (χ0n) is 10.8. The zero-order chi connectivity index (χ0) is 13.8. The lowest BCUT2D eigenvalue weighted by Crippen LogP contribution is -2.14. The molecule has 0 fully saturated rings. The van der Waals surface area contributed by atoms with E-state index in [1.807, 2.05) is 37.4 Å². The maximum Gasteiger partial charge on any atom is 0.156 e. The maximum atomic E-state index is 5.81. The molecule has 19 heavy (non-hydrogen) atoms. The topological polar surface area (TPSA) is 64.1 Å². The quantitative estimate of drug-likeness (QED) is 0.653. The molecule has 0 amide bonds. The molecule has 0 aliphatic heterocycles. The van der Waals surface area contributed by atoms with E-state index in [0.717, 1.165) is 27.6 Å². The Labute approximate surface area is 121 Å². The Morgan fingerprint density at radius 1 is 1.53 bits per heavy atom. The van der Waals surface area contributed by atoms with Crippen molar-refractivity contribution in [3.63, 3.8) is 0 Å². The lowest BCUT2D eigenvalue weighted by Gasteiger charge is -2.13. The summed E-state index contributed by atoms with van der Waals surface area (Å²) in [4.78, 5) is 1.45. The van der Waals surface area contributed by atoms with Crippen LogP contribution < -0.4 is 11.1 Å². The van der Waals surface area contributed by atoms with Crippen LogP contribution in [0.15, 0.2) is 33.7 Å². The van der Waals surface area contributed by atoms with E-state index in [1.165, 1.54) is 0 Å². The third-order valence-corrected chi connectivity index (χ3v) is 3.61. The third kappa shape index (κ3) is 3.27. The molecule has 100 valence electrons. The van der Waals surface area contributed by atoms with Crippen molar-refractivity contribution in [2.75, 3.05) is 11.6 Å². The van der Waals surface area contributed by atoms with E-state index >= 15 is 0 Å². The standard InChI is InChI=1S/C13H15N3OS2/c1-8-6-9(17-16-8)7-15-10-4-3-5-11(19-2)12(10)13(14)18/h3-6,15H,7H2,1-2H3,(H2,14,18). The molecular formula is C13H15N3OS2. The molecule has 0 aliphatic rings. The molecule has 2 aromatic rings. The van der Waals surface area contributed by atoms with Crippen molar-refractivity contribution in [2.24, 2.45) is 5.73 Å². The van der Waals surface area contributed by atoms with Gasteiger partial charge in [0.15, 0.2) is 5.76 Å². The molecule has 2 rings (SSSR count). The largest absolute Gasteiger partial charge is 0.389 e. The van der Waals surface area contributed by atoms with Gasteiger partial charge in [-0.05, 0) is 25.3 Å². The lowest BCUT2D eigenvalue weighted by atomic mass is 10.1. The Morgan fingerprint density at radius 3 is 2.89 bits per heavy atom. The van der Waals surface area contributed by atoms with Gasteiger partial charge in [0.1, 0.15) is 4.99 Å². The molecule has 0 aliphatic carbocycles. The number of hydrogen-bond acceptors (Lipinski definition) is 5. The Balaban J connectivity index is 2.22.